The minimum atomic E-state index is -0.594. The second-order valence-electron chi connectivity index (χ2n) is 6.26. The summed E-state index contributed by atoms with van der Waals surface area (Å²) in [5.74, 6) is 0.440. The molecule has 0 spiro atoms. The molecule has 23 heavy (non-hydrogen) atoms. The molecule has 0 heterocycles. The van der Waals surface area contributed by atoms with Crippen molar-refractivity contribution in [3.05, 3.63) is 23.2 Å². The first-order chi connectivity index (χ1) is 10.7. The zero-order valence-corrected chi connectivity index (χ0v) is 15.0. The molecule has 5 nitrogen and oxygen atoms in total. The van der Waals surface area contributed by atoms with Crippen LogP contribution in [0, 0.1) is 11.8 Å². The fourth-order valence-electron chi connectivity index (χ4n) is 1.93. The van der Waals surface area contributed by atoms with Gasteiger partial charge in [0.1, 0.15) is 11.8 Å². The van der Waals surface area contributed by atoms with Crippen molar-refractivity contribution in [1.82, 2.24) is 5.32 Å². The van der Waals surface area contributed by atoms with Crippen LogP contribution in [0.25, 0.3) is 0 Å². The number of benzene rings is 1. The van der Waals surface area contributed by atoms with Crippen LogP contribution in [0.5, 0.6) is 5.75 Å². The number of carbonyl (C=O) groups is 2. The number of ether oxygens (including phenoxy) is 1. The van der Waals surface area contributed by atoms with E-state index in [9.17, 15) is 9.59 Å². The Morgan fingerprint density at radius 3 is 2.35 bits per heavy atom. The summed E-state index contributed by atoms with van der Waals surface area (Å²) in [6.45, 7) is 9.81. The Labute approximate surface area is 142 Å². The van der Waals surface area contributed by atoms with E-state index in [-0.39, 0.29) is 17.7 Å². The molecule has 0 saturated carbocycles. The van der Waals surface area contributed by atoms with Gasteiger partial charge >= 0.3 is 0 Å². The molecule has 0 aliphatic heterocycles. The highest BCUT2D eigenvalue weighted by atomic mass is 35.5. The SMILES string of the molecule is CC(=O)NC(C(=O)Nc1ccc(OCC(C)C)c(Cl)c1)C(C)C. The van der Waals surface area contributed by atoms with Gasteiger partial charge < -0.3 is 15.4 Å². The minimum absolute atomic E-state index is 0.0250. The molecule has 1 aromatic carbocycles. The summed E-state index contributed by atoms with van der Waals surface area (Å²) < 4.78 is 5.59. The lowest BCUT2D eigenvalue weighted by Crippen LogP contribution is -2.46. The van der Waals surface area contributed by atoms with Gasteiger partial charge in [0.15, 0.2) is 0 Å². The second kappa shape index (κ2) is 8.77. The lowest BCUT2D eigenvalue weighted by molar-refractivity contribution is -0.126. The van der Waals surface area contributed by atoms with E-state index in [1.807, 2.05) is 13.8 Å². The van der Waals surface area contributed by atoms with Crippen LogP contribution >= 0.6 is 11.6 Å². The van der Waals surface area contributed by atoms with Gasteiger partial charge in [0.25, 0.3) is 0 Å². The molecule has 1 aromatic rings. The van der Waals surface area contributed by atoms with Gasteiger partial charge in [0, 0.05) is 12.6 Å². The normalized spacial score (nSPS) is 12.2. The Morgan fingerprint density at radius 2 is 1.87 bits per heavy atom. The number of rotatable bonds is 7. The van der Waals surface area contributed by atoms with Gasteiger partial charge in [-0.05, 0) is 30.0 Å². The highest BCUT2D eigenvalue weighted by Gasteiger charge is 2.23. The number of anilines is 1. The molecule has 1 unspecified atom stereocenters. The predicted octanol–water partition coefficient (Wildman–Crippen LogP) is 3.47. The topological polar surface area (TPSA) is 67.4 Å². The van der Waals surface area contributed by atoms with Crippen LogP contribution in [0.2, 0.25) is 5.02 Å². The third kappa shape index (κ3) is 6.48. The number of amides is 2. The molecule has 2 amide bonds. The van der Waals surface area contributed by atoms with Gasteiger partial charge in [0.05, 0.1) is 11.6 Å². The molecule has 0 aliphatic rings. The largest absolute Gasteiger partial charge is 0.492 e. The van der Waals surface area contributed by atoms with Crippen LogP contribution in [-0.2, 0) is 9.59 Å². The smallest absolute Gasteiger partial charge is 0.247 e. The molecule has 1 rings (SSSR count). The highest BCUT2D eigenvalue weighted by molar-refractivity contribution is 6.32. The van der Waals surface area contributed by atoms with Crippen LogP contribution in [-0.4, -0.2) is 24.5 Å². The van der Waals surface area contributed by atoms with E-state index in [1.165, 1.54) is 6.92 Å². The van der Waals surface area contributed by atoms with E-state index in [2.05, 4.69) is 24.5 Å². The highest BCUT2D eigenvalue weighted by Crippen LogP contribution is 2.28. The lowest BCUT2D eigenvalue weighted by Gasteiger charge is -2.21. The number of carbonyl (C=O) groups excluding carboxylic acids is 2. The van der Waals surface area contributed by atoms with Crippen molar-refractivity contribution in [2.24, 2.45) is 11.8 Å². The molecule has 0 radical (unpaired) electrons. The van der Waals surface area contributed by atoms with E-state index in [0.717, 1.165) is 0 Å². The number of hydrogen-bond donors (Lipinski definition) is 2. The Bertz CT molecular complexity index is 559. The molecular weight excluding hydrogens is 316 g/mol. The molecular formula is C17H25ClN2O3. The first-order valence-corrected chi connectivity index (χ1v) is 8.08. The van der Waals surface area contributed by atoms with Crippen molar-refractivity contribution in [2.45, 2.75) is 40.7 Å². The molecule has 1 atom stereocenters. The Hall–Kier alpha value is -1.75. The molecule has 0 fully saturated rings. The van der Waals surface area contributed by atoms with E-state index in [1.54, 1.807) is 18.2 Å². The maximum atomic E-state index is 12.3. The van der Waals surface area contributed by atoms with Gasteiger partial charge in [-0.15, -0.1) is 0 Å². The van der Waals surface area contributed by atoms with E-state index < -0.39 is 6.04 Å². The molecule has 6 heteroatoms. The standard InChI is InChI=1S/C17H25ClN2O3/c1-10(2)9-23-15-7-6-13(8-14(15)18)20-17(22)16(11(3)4)19-12(5)21/h6-8,10-11,16H,9H2,1-5H3,(H,19,21)(H,20,22). The predicted molar refractivity (Wildman–Crippen MR) is 92.9 cm³/mol. The van der Waals surface area contributed by atoms with Crippen molar-refractivity contribution in [2.75, 3.05) is 11.9 Å². The van der Waals surface area contributed by atoms with E-state index in [4.69, 9.17) is 16.3 Å². The number of halogens is 1. The number of nitrogens with one attached hydrogen (secondary N) is 2. The monoisotopic (exact) mass is 340 g/mol. The third-order valence-corrected chi connectivity index (χ3v) is 3.37. The lowest BCUT2D eigenvalue weighted by atomic mass is 10.0. The third-order valence-electron chi connectivity index (χ3n) is 3.08. The Morgan fingerprint density at radius 1 is 1.22 bits per heavy atom. The quantitative estimate of drug-likeness (QED) is 0.798. The summed E-state index contributed by atoms with van der Waals surface area (Å²) >= 11 is 6.18. The van der Waals surface area contributed by atoms with Crippen molar-refractivity contribution < 1.29 is 14.3 Å². The molecule has 0 aliphatic carbocycles. The summed E-state index contributed by atoms with van der Waals surface area (Å²) in [6.07, 6.45) is 0. The van der Waals surface area contributed by atoms with Crippen molar-refractivity contribution in [1.29, 1.82) is 0 Å². The van der Waals surface area contributed by atoms with Gasteiger partial charge in [-0.1, -0.05) is 39.3 Å². The molecule has 0 saturated heterocycles. The summed E-state index contributed by atoms with van der Waals surface area (Å²) in [5, 5.41) is 5.85. The van der Waals surface area contributed by atoms with E-state index >= 15 is 0 Å². The molecule has 0 aromatic heterocycles. The maximum absolute atomic E-state index is 12.3. The van der Waals surface area contributed by atoms with Gasteiger partial charge in [-0.25, -0.2) is 0 Å². The van der Waals surface area contributed by atoms with Gasteiger partial charge in [-0.2, -0.15) is 0 Å². The average molecular weight is 341 g/mol. The first-order valence-electron chi connectivity index (χ1n) is 7.71. The Balaban J connectivity index is 2.78. The average Bonchev–Trinajstić information content (AvgIpc) is 2.43. The molecule has 2 N–H and O–H groups in total. The zero-order valence-electron chi connectivity index (χ0n) is 14.3. The second-order valence-corrected chi connectivity index (χ2v) is 6.67. The summed E-state index contributed by atoms with van der Waals surface area (Å²) in [6, 6.07) is 4.50. The van der Waals surface area contributed by atoms with Crippen LogP contribution < -0.4 is 15.4 Å². The van der Waals surface area contributed by atoms with Gasteiger partial charge in [-0.3, -0.25) is 9.59 Å². The van der Waals surface area contributed by atoms with Crippen molar-refractivity contribution in [3.63, 3.8) is 0 Å². The summed E-state index contributed by atoms with van der Waals surface area (Å²) in [5.41, 5.74) is 0.563. The fraction of sp³-hybridized carbons (Fsp3) is 0.529. The molecule has 0 bridgehead atoms. The summed E-state index contributed by atoms with van der Waals surface area (Å²) in [7, 11) is 0. The maximum Gasteiger partial charge on any atom is 0.247 e. The van der Waals surface area contributed by atoms with Crippen LogP contribution in [0.15, 0.2) is 18.2 Å². The number of hydrogen-bond acceptors (Lipinski definition) is 3. The summed E-state index contributed by atoms with van der Waals surface area (Å²) in [4.78, 5) is 23.5. The van der Waals surface area contributed by atoms with Crippen molar-refractivity contribution >= 4 is 29.1 Å². The minimum Gasteiger partial charge on any atom is -0.492 e. The van der Waals surface area contributed by atoms with Crippen LogP contribution in [0.3, 0.4) is 0 Å². The molecule has 128 valence electrons. The van der Waals surface area contributed by atoms with Crippen molar-refractivity contribution in [3.8, 4) is 5.75 Å². The van der Waals surface area contributed by atoms with Crippen LogP contribution in [0.4, 0.5) is 5.69 Å². The zero-order chi connectivity index (χ0) is 17.6. The fourth-order valence-corrected chi connectivity index (χ4v) is 2.16. The van der Waals surface area contributed by atoms with E-state index in [0.29, 0.717) is 29.0 Å². The first kappa shape index (κ1) is 19.3. The van der Waals surface area contributed by atoms with Gasteiger partial charge in [0.2, 0.25) is 11.8 Å². The van der Waals surface area contributed by atoms with Crippen LogP contribution in [0.1, 0.15) is 34.6 Å². The Kier molecular flexibility index (Phi) is 7.36.